The molecule has 29 heavy (non-hydrogen) atoms. The molecule has 1 heterocycles. The molecule has 0 unspecified atom stereocenters. The molecule has 0 fully saturated rings. The van der Waals surface area contributed by atoms with Gasteiger partial charge < -0.3 is 19.8 Å². The summed E-state index contributed by atoms with van der Waals surface area (Å²) in [5.41, 5.74) is 6.67. The fraction of sp³-hybridized carbons (Fsp3) is 0.190. The number of carbonyl (C=O) groups is 3. The molecule has 1 aromatic heterocycles. The van der Waals surface area contributed by atoms with E-state index in [1.165, 1.54) is 13.2 Å². The summed E-state index contributed by atoms with van der Waals surface area (Å²) in [5, 5.41) is 0.328. The number of Topliss-reactive ketones (excluding diaryl/α,β-unsaturated/α-hetero) is 1. The summed E-state index contributed by atoms with van der Waals surface area (Å²) in [4.78, 5) is 35.6. The number of primary amides is 1. The number of carbonyl (C=O) groups excluding carboxylic acids is 3. The Morgan fingerprint density at radius 3 is 2.48 bits per heavy atom. The number of nitrogens with zero attached hydrogens (tertiary/aromatic N) is 1. The van der Waals surface area contributed by atoms with Gasteiger partial charge in [-0.05, 0) is 25.1 Å². The van der Waals surface area contributed by atoms with Gasteiger partial charge in [0.15, 0.2) is 6.61 Å². The zero-order chi connectivity index (χ0) is 21.1. The summed E-state index contributed by atoms with van der Waals surface area (Å²) in [7, 11) is 1.23. The number of fused-ring (bicyclic) bond motifs is 1. The quantitative estimate of drug-likeness (QED) is 0.374. The number of ether oxygens (including phenoxy) is 2. The average molecular weight is 398 g/mol. The number of aromatic nitrogens is 1. The maximum Gasteiger partial charge on any atom is 0.343 e. The molecule has 0 bridgehead atoms. The first-order chi connectivity index (χ1) is 13.8. The minimum absolute atomic E-state index is 0.0595. The second-order valence-electron chi connectivity index (χ2n) is 6.35. The first-order valence-corrected chi connectivity index (χ1v) is 8.74. The van der Waals surface area contributed by atoms with Crippen LogP contribution in [0.4, 0.5) is 4.39 Å². The van der Waals surface area contributed by atoms with Gasteiger partial charge in [0.2, 0.25) is 0 Å². The summed E-state index contributed by atoms with van der Waals surface area (Å²) in [6.45, 7) is 1.39. The van der Waals surface area contributed by atoms with Gasteiger partial charge in [0.05, 0.1) is 30.1 Å². The fourth-order valence-corrected chi connectivity index (χ4v) is 3.21. The van der Waals surface area contributed by atoms with Crippen LogP contribution in [0.3, 0.4) is 0 Å². The normalized spacial score (nSPS) is 10.7. The van der Waals surface area contributed by atoms with Crippen molar-refractivity contribution in [2.75, 3.05) is 13.7 Å². The van der Waals surface area contributed by atoms with Gasteiger partial charge in [0, 0.05) is 11.3 Å². The maximum atomic E-state index is 14.2. The number of esters is 1. The fourth-order valence-electron chi connectivity index (χ4n) is 3.21. The predicted octanol–water partition coefficient (Wildman–Crippen LogP) is 2.36. The van der Waals surface area contributed by atoms with Crippen LogP contribution in [0.25, 0.3) is 10.9 Å². The first-order valence-electron chi connectivity index (χ1n) is 8.74. The summed E-state index contributed by atoms with van der Waals surface area (Å²) in [6, 6.07) is 11.2. The molecule has 1 amide bonds. The Balaban J connectivity index is 2.21. The average Bonchev–Trinajstić information content (AvgIpc) is 2.99. The number of ketones is 1. The van der Waals surface area contributed by atoms with Crippen molar-refractivity contribution < 1.29 is 28.2 Å². The van der Waals surface area contributed by atoms with Crippen LogP contribution in [0.2, 0.25) is 0 Å². The number of hydrogen-bond acceptors (Lipinski definition) is 5. The van der Waals surface area contributed by atoms with Crippen LogP contribution in [-0.4, -0.2) is 35.9 Å². The van der Waals surface area contributed by atoms with E-state index in [2.05, 4.69) is 4.74 Å². The van der Waals surface area contributed by atoms with Gasteiger partial charge in [0.25, 0.3) is 11.7 Å². The number of rotatable bonds is 7. The molecule has 3 aromatic rings. The van der Waals surface area contributed by atoms with Gasteiger partial charge in [0.1, 0.15) is 11.6 Å². The molecule has 0 radical (unpaired) electrons. The van der Waals surface area contributed by atoms with Crippen molar-refractivity contribution in [3.63, 3.8) is 0 Å². The Bertz CT molecular complexity index is 1120. The summed E-state index contributed by atoms with van der Waals surface area (Å²) in [5.74, 6) is -2.80. The highest BCUT2D eigenvalue weighted by Gasteiger charge is 2.26. The molecule has 0 aliphatic carbocycles. The highest BCUT2D eigenvalue weighted by atomic mass is 19.1. The number of hydrogen-bond donors (Lipinski definition) is 1. The van der Waals surface area contributed by atoms with E-state index in [4.69, 9.17) is 10.5 Å². The Hall–Kier alpha value is -3.68. The third kappa shape index (κ3) is 3.82. The van der Waals surface area contributed by atoms with E-state index < -0.39 is 23.5 Å². The molecule has 0 aliphatic rings. The molecule has 3 rings (SSSR count). The molecular weight excluding hydrogens is 379 g/mol. The Morgan fingerprint density at radius 1 is 1.10 bits per heavy atom. The van der Waals surface area contributed by atoms with E-state index in [9.17, 15) is 18.8 Å². The Kier molecular flexibility index (Phi) is 5.63. The predicted molar refractivity (Wildman–Crippen MR) is 103 cm³/mol. The van der Waals surface area contributed by atoms with Crippen molar-refractivity contribution in [3.8, 4) is 5.75 Å². The largest absolute Gasteiger partial charge is 0.481 e. The lowest BCUT2D eigenvalue weighted by Gasteiger charge is -2.10. The van der Waals surface area contributed by atoms with E-state index in [1.54, 1.807) is 47.9 Å². The van der Waals surface area contributed by atoms with Crippen LogP contribution in [0.1, 0.15) is 21.6 Å². The maximum absolute atomic E-state index is 14.2. The molecule has 7 nitrogen and oxygen atoms in total. The van der Waals surface area contributed by atoms with Crippen LogP contribution in [0.5, 0.6) is 5.75 Å². The van der Waals surface area contributed by atoms with Crippen molar-refractivity contribution in [1.29, 1.82) is 0 Å². The second-order valence-corrected chi connectivity index (χ2v) is 6.35. The molecule has 150 valence electrons. The zero-order valence-corrected chi connectivity index (χ0v) is 15.9. The highest BCUT2D eigenvalue weighted by molar-refractivity contribution is 6.45. The van der Waals surface area contributed by atoms with E-state index in [0.29, 0.717) is 22.2 Å². The highest BCUT2D eigenvalue weighted by Crippen LogP contribution is 2.34. The van der Waals surface area contributed by atoms with Gasteiger partial charge in [-0.1, -0.05) is 24.3 Å². The number of benzene rings is 2. The molecule has 8 heteroatoms. The van der Waals surface area contributed by atoms with E-state index in [0.717, 1.165) is 0 Å². The lowest BCUT2D eigenvalue weighted by molar-refractivity contribution is -0.142. The number of amides is 1. The van der Waals surface area contributed by atoms with Crippen LogP contribution >= 0.6 is 0 Å². The van der Waals surface area contributed by atoms with Crippen molar-refractivity contribution >= 4 is 28.6 Å². The molecule has 0 saturated carbocycles. The summed E-state index contributed by atoms with van der Waals surface area (Å²) < 4.78 is 26.0. The Morgan fingerprint density at radius 2 is 1.83 bits per heavy atom. The topological polar surface area (TPSA) is 101 Å². The van der Waals surface area contributed by atoms with Gasteiger partial charge in [-0.15, -0.1) is 0 Å². The van der Waals surface area contributed by atoms with Gasteiger partial charge in [-0.3, -0.25) is 9.59 Å². The van der Waals surface area contributed by atoms with Crippen molar-refractivity contribution in [2.45, 2.75) is 13.5 Å². The second kappa shape index (κ2) is 8.14. The zero-order valence-electron chi connectivity index (χ0n) is 15.9. The van der Waals surface area contributed by atoms with Crippen LogP contribution in [0, 0.1) is 12.7 Å². The lowest BCUT2D eigenvalue weighted by atomic mass is 10.1. The van der Waals surface area contributed by atoms with Crippen LogP contribution in [-0.2, 0) is 20.9 Å². The lowest BCUT2D eigenvalue weighted by Crippen LogP contribution is -2.24. The minimum Gasteiger partial charge on any atom is -0.481 e. The van der Waals surface area contributed by atoms with Crippen molar-refractivity contribution in [3.05, 3.63) is 65.1 Å². The molecule has 2 aromatic carbocycles. The molecular formula is C21H19FN2O5. The molecule has 0 saturated heterocycles. The summed E-state index contributed by atoms with van der Waals surface area (Å²) >= 11 is 0. The molecule has 2 N–H and O–H groups in total. The number of nitrogens with two attached hydrogens (primary N) is 1. The SMILES string of the molecule is COC(=O)COc1cccc2c1c(C(=O)C(N)=O)c(C)n2Cc1ccccc1F. The van der Waals surface area contributed by atoms with Gasteiger partial charge in [-0.2, -0.15) is 0 Å². The number of methoxy groups -OCH3 is 1. The van der Waals surface area contributed by atoms with E-state index in [-0.39, 0.29) is 24.5 Å². The molecule has 0 atom stereocenters. The van der Waals surface area contributed by atoms with Crippen LogP contribution in [0.15, 0.2) is 42.5 Å². The first kappa shape index (κ1) is 20.1. The van der Waals surface area contributed by atoms with E-state index >= 15 is 0 Å². The van der Waals surface area contributed by atoms with Gasteiger partial charge in [-0.25, -0.2) is 9.18 Å². The monoisotopic (exact) mass is 398 g/mol. The van der Waals surface area contributed by atoms with Crippen molar-refractivity contribution in [2.24, 2.45) is 5.73 Å². The number of halogens is 1. The van der Waals surface area contributed by atoms with Crippen molar-refractivity contribution in [1.82, 2.24) is 4.57 Å². The standard InChI is InChI=1S/C21H19FN2O5/c1-12-18(20(26)21(23)27)19-15(8-5-9-16(19)29-11-17(25)28-2)24(12)10-13-6-3-4-7-14(13)22/h3-9H,10-11H2,1-2H3,(H2,23,27). The molecule has 0 aliphatic heterocycles. The smallest absolute Gasteiger partial charge is 0.343 e. The van der Waals surface area contributed by atoms with Crippen LogP contribution < -0.4 is 10.5 Å². The third-order valence-electron chi connectivity index (χ3n) is 4.62. The molecule has 0 spiro atoms. The van der Waals surface area contributed by atoms with E-state index in [1.807, 2.05) is 0 Å². The van der Waals surface area contributed by atoms with Gasteiger partial charge >= 0.3 is 5.97 Å². The summed E-state index contributed by atoms with van der Waals surface area (Å²) in [6.07, 6.45) is 0. The third-order valence-corrected chi connectivity index (χ3v) is 4.62. The Labute approximate surface area is 165 Å². The minimum atomic E-state index is -1.12.